The molecule has 14 heavy (non-hydrogen) atoms. The quantitative estimate of drug-likeness (QED) is 0.797. The van der Waals surface area contributed by atoms with E-state index < -0.39 is 17.0 Å². The molecule has 0 radical (unpaired) electrons. The number of carbonyl (C=O) groups is 1. The predicted molar refractivity (Wildman–Crippen MR) is 55.8 cm³/mol. The van der Waals surface area contributed by atoms with Gasteiger partial charge in [0.25, 0.3) is 0 Å². The molecule has 76 valence electrons. The highest BCUT2D eigenvalue weighted by Crippen LogP contribution is 2.17. The van der Waals surface area contributed by atoms with Crippen molar-refractivity contribution in [3.05, 3.63) is 29.3 Å². The molecule has 0 bridgehead atoms. The summed E-state index contributed by atoms with van der Waals surface area (Å²) in [6.45, 7) is 1.82. The number of carboxylic acids is 1. The summed E-state index contributed by atoms with van der Waals surface area (Å²) in [5, 5.41) is 8.73. The summed E-state index contributed by atoms with van der Waals surface area (Å²) in [5.74, 6) is -0.991. The molecule has 1 unspecified atom stereocenters. The van der Waals surface area contributed by atoms with Crippen LogP contribution in [-0.2, 0) is 11.0 Å². The first kappa shape index (κ1) is 10.7. The van der Waals surface area contributed by atoms with Crippen molar-refractivity contribution in [3.63, 3.8) is 0 Å². The third-order valence-corrected chi connectivity index (χ3v) is 2.25. The van der Waals surface area contributed by atoms with Gasteiger partial charge in [0.05, 0.1) is 5.56 Å². The Morgan fingerprint density at radius 1 is 1.50 bits per heavy atom. The average Bonchev–Trinajstić information content (AvgIpc) is 2.07. The van der Waals surface area contributed by atoms with Gasteiger partial charge in [-0.1, -0.05) is 6.07 Å². The second kappa shape index (κ2) is 4.23. The lowest BCUT2D eigenvalue weighted by Gasteiger charge is -2.07. The van der Waals surface area contributed by atoms with Crippen LogP contribution in [0.25, 0.3) is 0 Å². The molecule has 0 saturated carbocycles. The van der Waals surface area contributed by atoms with E-state index in [2.05, 4.69) is 4.72 Å². The van der Waals surface area contributed by atoms with Crippen LogP contribution in [-0.4, -0.2) is 21.5 Å². The minimum absolute atomic E-state index is 0.184. The van der Waals surface area contributed by atoms with Crippen LogP contribution in [0.2, 0.25) is 0 Å². The first-order chi connectivity index (χ1) is 6.50. The summed E-state index contributed by atoms with van der Waals surface area (Å²) in [5.41, 5.74) is 1.64. The molecule has 1 rings (SSSR count). The van der Waals surface area contributed by atoms with Crippen LogP contribution in [0.1, 0.15) is 15.9 Å². The van der Waals surface area contributed by atoms with Gasteiger partial charge in [-0.05, 0) is 24.6 Å². The maximum Gasteiger partial charge on any atom is 0.335 e. The summed E-state index contributed by atoms with van der Waals surface area (Å²) in [4.78, 5) is 10.6. The van der Waals surface area contributed by atoms with Crippen molar-refractivity contribution in [2.45, 2.75) is 6.92 Å². The van der Waals surface area contributed by atoms with Crippen LogP contribution in [0, 0.1) is 6.92 Å². The molecule has 2 N–H and O–H groups in total. The molecule has 0 saturated heterocycles. The number of hydrogen-bond donors (Lipinski definition) is 2. The molecule has 0 aromatic heterocycles. The molecule has 0 heterocycles. The Kier molecular flexibility index (Phi) is 3.24. The van der Waals surface area contributed by atoms with Gasteiger partial charge < -0.3 is 9.83 Å². The van der Waals surface area contributed by atoms with Crippen molar-refractivity contribution in [2.24, 2.45) is 0 Å². The van der Waals surface area contributed by atoms with E-state index in [1.807, 2.05) is 6.92 Å². The van der Waals surface area contributed by atoms with Gasteiger partial charge >= 0.3 is 5.97 Å². The third kappa shape index (κ3) is 2.56. The van der Waals surface area contributed by atoms with E-state index >= 15 is 0 Å². The molecular formula is C9H11NO3S. The number of aryl methyl sites for hydroxylation is 1. The van der Waals surface area contributed by atoms with Crippen molar-refractivity contribution in [3.8, 4) is 0 Å². The Hall–Kier alpha value is -1.36. The maximum atomic E-state index is 10.9. The maximum absolute atomic E-state index is 10.9. The Morgan fingerprint density at radius 2 is 2.14 bits per heavy atom. The van der Waals surface area contributed by atoms with E-state index in [1.54, 1.807) is 6.07 Å². The zero-order valence-electron chi connectivity index (χ0n) is 7.90. The summed E-state index contributed by atoms with van der Waals surface area (Å²) >= 11 is 0. The fourth-order valence-corrected chi connectivity index (χ4v) is 1.55. The molecule has 1 aromatic carbocycles. The molecule has 0 amide bonds. The summed E-state index contributed by atoms with van der Waals surface area (Å²) in [6.07, 6.45) is 1.49. The number of carboxylic acid groups (broad SMARTS) is 1. The van der Waals surface area contributed by atoms with Crippen LogP contribution in [0.3, 0.4) is 0 Å². The van der Waals surface area contributed by atoms with Gasteiger partial charge in [0.1, 0.15) is 11.0 Å². The molecule has 5 heteroatoms. The highest BCUT2D eigenvalue weighted by atomic mass is 32.2. The summed E-state index contributed by atoms with van der Waals surface area (Å²) < 4.78 is 13.6. The molecule has 0 aliphatic heterocycles. The normalized spacial score (nSPS) is 12.1. The monoisotopic (exact) mass is 213 g/mol. The summed E-state index contributed by atoms with van der Waals surface area (Å²) in [6, 6.07) is 4.67. The van der Waals surface area contributed by atoms with Crippen LogP contribution in [0.15, 0.2) is 18.2 Å². The predicted octanol–water partition coefficient (Wildman–Crippen LogP) is 1.40. The first-order valence-electron chi connectivity index (χ1n) is 3.94. The number of nitrogens with one attached hydrogen (secondary N) is 1. The van der Waals surface area contributed by atoms with Gasteiger partial charge in [0.2, 0.25) is 0 Å². The summed E-state index contributed by atoms with van der Waals surface area (Å²) in [7, 11) is -1.19. The van der Waals surface area contributed by atoms with Gasteiger partial charge in [-0.15, -0.1) is 0 Å². The van der Waals surface area contributed by atoms with Gasteiger partial charge in [-0.2, -0.15) is 0 Å². The molecule has 0 fully saturated rings. The number of benzene rings is 1. The van der Waals surface area contributed by atoms with Gasteiger partial charge in [-0.25, -0.2) is 9.00 Å². The molecule has 0 aliphatic rings. The van der Waals surface area contributed by atoms with E-state index in [-0.39, 0.29) is 5.56 Å². The second-order valence-electron chi connectivity index (χ2n) is 2.89. The van der Waals surface area contributed by atoms with E-state index in [1.165, 1.54) is 18.4 Å². The fraction of sp³-hybridized carbons (Fsp3) is 0.222. The highest BCUT2D eigenvalue weighted by Gasteiger charge is 2.06. The fourth-order valence-electron chi connectivity index (χ4n) is 1.02. The Morgan fingerprint density at radius 3 is 2.64 bits per heavy atom. The van der Waals surface area contributed by atoms with Crippen molar-refractivity contribution in [1.29, 1.82) is 0 Å². The van der Waals surface area contributed by atoms with E-state index in [0.29, 0.717) is 5.69 Å². The van der Waals surface area contributed by atoms with Crippen LogP contribution in [0.5, 0.6) is 0 Å². The van der Waals surface area contributed by atoms with E-state index in [9.17, 15) is 9.00 Å². The lowest BCUT2D eigenvalue weighted by molar-refractivity contribution is 0.0697. The van der Waals surface area contributed by atoms with Crippen molar-refractivity contribution < 1.29 is 14.1 Å². The molecule has 4 nitrogen and oxygen atoms in total. The number of aromatic carboxylic acids is 1. The number of anilines is 1. The average molecular weight is 213 g/mol. The van der Waals surface area contributed by atoms with E-state index in [4.69, 9.17) is 5.11 Å². The molecule has 0 spiro atoms. The van der Waals surface area contributed by atoms with Crippen LogP contribution >= 0.6 is 0 Å². The molecular weight excluding hydrogens is 202 g/mol. The molecule has 1 atom stereocenters. The minimum Gasteiger partial charge on any atom is -0.478 e. The number of rotatable bonds is 3. The van der Waals surface area contributed by atoms with Crippen LogP contribution < -0.4 is 4.72 Å². The van der Waals surface area contributed by atoms with Crippen LogP contribution in [0.4, 0.5) is 5.69 Å². The van der Waals surface area contributed by atoms with Crippen molar-refractivity contribution in [1.82, 2.24) is 0 Å². The Bertz CT molecular complexity index is 390. The highest BCUT2D eigenvalue weighted by molar-refractivity contribution is 7.85. The van der Waals surface area contributed by atoms with Gasteiger partial charge in [0.15, 0.2) is 0 Å². The van der Waals surface area contributed by atoms with Gasteiger partial charge in [0, 0.05) is 11.9 Å². The topological polar surface area (TPSA) is 66.4 Å². The van der Waals surface area contributed by atoms with Crippen molar-refractivity contribution in [2.75, 3.05) is 11.0 Å². The number of hydrogen-bond acceptors (Lipinski definition) is 2. The molecule has 0 aliphatic carbocycles. The second-order valence-corrected chi connectivity index (χ2v) is 4.00. The Balaban J connectivity index is 3.08. The standard InChI is InChI=1S/C9H11NO3S/c1-6-3-4-7(9(11)12)5-8(6)10-14(2)13/h3-5,10H,1-2H3,(H,11,12). The van der Waals surface area contributed by atoms with E-state index in [0.717, 1.165) is 5.56 Å². The first-order valence-corrected chi connectivity index (χ1v) is 5.50. The molecule has 1 aromatic rings. The largest absolute Gasteiger partial charge is 0.478 e. The minimum atomic E-state index is -1.19. The zero-order valence-corrected chi connectivity index (χ0v) is 8.72. The lowest BCUT2D eigenvalue weighted by atomic mass is 10.1. The third-order valence-electron chi connectivity index (χ3n) is 1.74. The lowest BCUT2D eigenvalue weighted by Crippen LogP contribution is -2.05. The van der Waals surface area contributed by atoms with Gasteiger partial charge in [-0.3, -0.25) is 0 Å². The SMILES string of the molecule is Cc1ccc(C(=O)O)cc1NS(C)=O. The zero-order chi connectivity index (χ0) is 10.7. The van der Waals surface area contributed by atoms with Crippen molar-refractivity contribution >= 4 is 22.6 Å². The Labute approximate surface area is 84.5 Å². The smallest absolute Gasteiger partial charge is 0.335 e.